The molecule has 0 saturated carbocycles. The minimum absolute atomic E-state index is 0.336. The summed E-state index contributed by atoms with van der Waals surface area (Å²) in [5.41, 5.74) is 2.47. The molecule has 0 saturated heterocycles. The van der Waals surface area contributed by atoms with Crippen molar-refractivity contribution in [2.45, 2.75) is 19.9 Å². The molecule has 3 heteroatoms. The number of hydrogen-bond donors (Lipinski definition) is 1. The van der Waals surface area contributed by atoms with Crippen molar-refractivity contribution in [3.63, 3.8) is 0 Å². The van der Waals surface area contributed by atoms with Crippen molar-refractivity contribution in [1.82, 2.24) is 0 Å². The van der Waals surface area contributed by atoms with Gasteiger partial charge < -0.3 is 10.1 Å². The summed E-state index contributed by atoms with van der Waals surface area (Å²) < 4.78 is 5.14. The zero-order valence-corrected chi connectivity index (χ0v) is 11.2. The van der Waals surface area contributed by atoms with Crippen LogP contribution >= 0.6 is 11.3 Å². The summed E-state index contributed by atoms with van der Waals surface area (Å²) >= 11 is 1.80. The summed E-state index contributed by atoms with van der Waals surface area (Å²) in [7, 11) is 1.68. The molecule has 1 aromatic heterocycles. The number of benzene rings is 1. The molecular weight excluding hydrogens is 230 g/mol. The van der Waals surface area contributed by atoms with Gasteiger partial charge in [-0.1, -0.05) is 0 Å². The Labute approximate surface area is 106 Å². The maximum absolute atomic E-state index is 5.14. The molecule has 0 radical (unpaired) electrons. The van der Waals surface area contributed by atoms with Crippen molar-refractivity contribution in [2.75, 3.05) is 12.4 Å². The van der Waals surface area contributed by atoms with Crippen molar-refractivity contribution in [3.8, 4) is 5.75 Å². The average Bonchev–Trinajstić information content (AvgIpc) is 2.76. The monoisotopic (exact) mass is 247 g/mol. The number of anilines is 1. The van der Waals surface area contributed by atoms with Crippen molar-refractivity contribution < 1.29 is 4.74 Å². The van der Waals surface area contributed by atoms with Gasteiger partial charge in [0.05, 0.1) is 13.2 Å². The molecule has 90 valence electrons. The summed E-state index contributed by atoms with van der Waals surface area (Å²) in [6.45, 7) is 4.33. The van der Waals surface area contributed by atoms with E-state index >= 15 is 0 Å². The first-order chi connectivity index (χ1) is 8.20. The molecule has 1 atom stereocenters. The average molecular weight is 247 g/mol. The highest BCUT2D eigenvalue weighted by Crippen LogP contribution is 2.27. The third kappa shape index (κ3) is 2.80. The van der Waals surface area contributed by atoms with Crippen molar-refractivity contribution in [2.24, 2.45) is 0 Å². The maximum atomic E-state index is 5.14. The van der Waals surface area contributed by atoms with Crippen LogP contribution in [0.2, 0.25) is 0 Å². The quantitative estimate of drug-likeness (QED) is 0.872. The summed E-state index contributed by atoms with van der Waals surface area (Å²) in [4.78, 5) is 1.39. The zero-order valence-electron chi connectivity index (χ0n) is 10.4. The Hall–Kier alpha value is -1.48. The van der Waals surface area contributed by atoms with Crippen molar-refractivity contribution >= 4 is 17.0 Å². The molecule has 0 bridgehead atoms. The molecule has 0 aliphatic heterocycles. The molecule has 1 N–H and O–H groups in total. The van der Waals surface area contributed by atoms with Crippen LogP contribution in [0.4, 0.5) is 5.69 Å². The number of aryl methyl sites for hydroxylation is 1. The van der Waals surface area contributed by atoms with Crippen LogP contribution in [0.3, 0.4) is 0 Å². The van der Waals surface area contributed by atoms with Crippen molar-refractivity contribution in [3.05, 3.63) is 46.2 Å². The highest BCUT2D eigenvalue weighted by Gasteiger charge is 2.09. The molecular formula is C14H17NOS. The van der Waals surface area contributed by atoms with E-state index in [9.17, 15) is 0 Å². The molecule has 0 fully saturated rings. The second-order valence-corrected chi connectivity index (χ2v) is 5.01. The number of nitrogens with one attached hydrogen (secondary N) is 1. The van der Waals surface area contributed by atoms with Gasteiger partial charge in [0.1, 0.15) is 5.75 Å². The van der Waals surface area contributed by atoms with Gasteiger partial charge >= 0.3 is 0 Å². The third-order valence-corrected chi connectivity index (χ3v) is 3.97. The normalized spacial score (nSPS) is 12.2. The lowest BCUT2D eigenvalue weighted by atomic mass is 10.2. The van der Waals surface area contributed by atoms with Gasteiger partial charge in [-0.15, -0.1) is 11.3 Å². The number of rotatable bonds is 4. The van der Waals surface area contributed by atoms with Gasteiger partial charge in [0, 0.05) is 10.6 Å². The Bertz CT molecular complexity index is 475. The van der Waals surface area contributed by atoms with E-state index in [4.69, 9.17) is 4.74 Å². The van der Waals surface area contributed by atoms with E-state index in [1.54, 1.807) is 18.4 Å². The Morgan fingerprint density at radius 1 is 1.18 bits per heavy atom. The first-order valence-electron chi connectivity index (χ1n) is 5.65. The van der Waals surface area contributed by atoms with E-state index in [1.165, 1.54) is 10.4 Å². The highest BCUT2D eigenvalue weighted by atomic mass is 32.1. The van der Waals surface area contributed by atoms with Gasteiger partial charge in [-0.3, -0.25) is 0 Å². The van der Waals surface area contributed by atoms with Crippen LogP contribution in [-0.4, -0.2) is 7.11 Å². The number of thiophene rings is 1. The molecule has 0 aliphatic carbocycles. The van der Waals surface area contributed by atoms with Gasteiger partial charge in [-0.2, -0.15) is 0 Å². The lowest BCUT2D eigenvalue weighted by Gasteiger charge is -2.15. The Morgan fingerprint density at radius 2 is 1.88 bits per heavy atom. The smallest absolute Gasteiger partial charge is 0.119 e. The van der Waals surface area contributed by atoms with Crippen LogP contribution in [-0.2, 0) is 0 Å². The van der Waals surface area contributed by atoms with Gasteiger partial charge in [-0.05, 0) is 55.1 Å². The summed E-state index contributed by atoms with van der Waals surface area (Å²) in [6, 6.07) is 10.5. The van der Waals surface area contributed by atoms with E-state index < -0.39 is 0 Å². The first-order valence-corrected chi connectivity index (χ1v) is 6.53. The van der Waals surface area contributed by atoms with E-state index in [0.29, 0.717) is 6.04 Å². The second-order valence-electron chi connectivity index (χ2n) is 4.06. The second kappa shape index (κ2) is 5.23. The predicted molar refractivity (Wildman–Crippen MR) is 74.1 cm³/mol. The van der Waals surface area contributed by atoms with E-state index in [1.807, 2.05) is 24.3 Å². The van der Waals surface area contributed by atoms with Gasteiger partial charge in [-0.25, -0.2) is 0 Å². The topological polar surface area (TPSA) is 21.3 Å². The minimum Gasteiger partial charge on any atom is -0.497 e. The fourth-order valence-electron chi connectivity index (χ4n) is 1.83. The summed E-state index contributed by atoms with van der Waals surface area (Å²) in [5, 5.41) is 5.63. The Kier molecular flexibility index (Phi) is 3.69. The summed E-state index contributed by atoms with van der Waals surface area (Å²) in [6.07, 6.45) is 0. The molecule has 0 amide bonds. The van der Waals surface area contributed by atoms with Crippen LogP contribution in [0.5, 0.6) is 5.75 Å². The minimum atomic E-state index is 0.336. The molecule has 17 heavy (non-hydrogen) atoms. The number of methoxy groups -OCH3 is 1. The SMILES string of the molecule is COc1ccc(NC(C)c2sccc2C)cc1. The summed E-state index contributed by atoms with van der Waals surface area (Å²) in [5.74, 6) is 0.885. The number of hydrogen-bond acceptors (Lipinski definition) is 3. The highest BCUT2D eigenvalue weighted by molar-refractivity contribution is 7.10. The van der Waals surface area contributed by atoms with Gasteiger partial charge in [0.15, 0.2) is 0 Å². The van der Waals surface area contributed by atoms with Crippen LogP contribution in [0.1, 0.15) is 23.4 Å². The van der Waals surface area contributed by atoms with Gasteiger partial charge in [0.25, 0.3) is 0 Å². The third-order valence-electron chi connectivity index (χ3n) is 2.77. The lowest BCUT2D eigenvalue weighted by molar-refractivity contribution is 0.415. The molecule has 0 spiro atoms. The Morgan fingerprint density at radius 3 is 2.41 bits per heavy atom. The zero-order chi connectivity index (χ0) is 12.3. The molecule has 2 nitrogen and oxygen atoms in total. The molecule has 2 rings (SSSR count). The molecule has 1 unspecified atom stereocenters. The van der Waals surface area contributed by atoms with E-state index in [2.05, 4.69) is 30.6 Å². The first kappa shape index (κ1) is 12.0. The van der Waals surface area contributed by atoms with Crippen molar-refractivity contribution in [1.29, 1.82) is 0 Å². The fraction of sp³-hybridized carbons (Fsp3) is 0.286. The number of ether oxygens (including phenoxy) is 1. The van der Waals surface area contributed by atoms with Gasteiger partial charge in [0.2, 0.25) is 0 Å². The van der Waals surface area contributed by atoms with Crippen LogP contribution < -0.4 is 10.1 Å². The molecule has 1 heterocycles. The van der Waals surface area contributed by atoms with E-state index in [-0.39, 0.29) is 0 Å². The fourth-order valence-corrected chi connectivity index (χ4v) is 2.77. The van der Waals surface area contributed by atoms with Crippen LogP contribution in [0, 0.1) is 6.92 Å². The molecule has 2 aromatic rings. The molecule has 1 aromatic carbocycles. The molecule has 0 aliphatic rings. The van der Waals surface area contributed by atoms with E-state index in [0.717, 1.165) is 11.4 Å². The van der Waals surface area contributed by atoms with Crippen LogP contribution in [0.25, 0.3) is 0 Å². The lowest BCUT2D eigenvalue weighted by Crippen LogP contribution is -2.05. The Balaban J connectivity index is 2.07. The maximum Gasteiger partial charge on any atom is 0.119 e. The predicted octanol–water partition coefficient (Wildman–Crippen LogP) is 4.24. The standard InChI is InChI=1S/C14H17NOS/c1-10-8-9-17-14(10)11(2)15-12-4-6-13(16-3)7-5-12/h4-9,11,15H,1-3H3. The van der Waals surface area contributed by atoms with Crippen LogP contribution in [0.15, 0.2) is 35.7 Å². The largest absolute Gasteiger partial charge is 0.497 e.